The molecule has 4 heteroatoms. The molecule has 1 aliphatic rings. The van der Waals surface area contributed by atoms with Gasteiger partial charge in [-0.1, -0.05) is 30.7 Å². The third-order valence-electron chi connectivity index (χ3n) is 3.40. The zero-order chi connectivity index (χ0) is 12.3. The van der Waals surface area contributed by atoms with Gasteiger partial charge in [-0.2, -0.15) is 0 Å². The molecule has 1 unspecified atom stereocenters. The maximum absolute atomic E-state index is 6.03. The summed E-state index contributed by atoms with van der Waals surface area (Å²) in [4.78, 5) is 2.53. The van der Waals surface area contributed by atoms with E-state index < -0.39 is 0 Å². The van der Waals surface area contributed by atoms with Gasteiger partial charge in [0.25, 0.3) is 0 Å². The van der Waals surface area contributed by atoms with E-state index in [2.05, 4.69) is 36.2 Å². The van der Waals surface area contributed by atoms with E-state index in [0.717, 1.165) is 31.2 Å². The minimum absolute atomic E-state index is 0. The fraction of sp³-hybridized carbons (Fsp3) is 0.571. The van der Waals surface area contributed by atoms with E-state index >= 15 is 0 Å². The van der Waals surface area contributed by atoms with Gasteiger partial charge >= 0.3 is 0 Å². The molecule has 1 N–H and O–H groups in total. The Labute approximate surface area is 121 Å². The molecule has 0 amide bonds. The van der Waals surface area contributed by atoms with Crippen LogP contribution in [0.4, 0.5) is 0 Å². The predicted molar refractivity (Wildman–Crippen MR) is 81.0 cm³/mol. The second-order valence-electron chi connectivity index (χ2n) is 5.07. The van der Waals surface area contributed by atoms with Gasteiger partial charge in [-0.15, -0.1) is 12.4 Å². The van der Waals surface area contributed by atoms with Crippen LogP contribution in [0.3, 0.4) is 0 Å². The molecule has 1 aliphatic heterocycles. The van der Waals surface area contributed by atoms with Crippen molar-refractivity contribution in [2.75, 3.05) is 26.2 Å². The summed E-state index contributed by atoms with van der Waals surface area (Å²) in [5.41, 5.74) is 1.34. The minimum Gasteiger partial charge on any atom is -0.312 e. The molecule has 0 aromatic heterocycles. The molecule has 0 saturated carbocycles. The highest BCUT2D eigenvalue weighted by atomic mass is 35.5. The number of nitrogens with zero attached hydrogens (tertiary/aromatic N) is 1. The van der Waals surface area contributed by atoms with E-state index in [-0.39, 0.29) is 12.4 Å². The zero-order valence-electron chi connectivity index (χ0n) is 11.0. The Morgan fingerprint density at radius 2 is 2.28 bits per heavy atom. The molecule has 102 valence electrons. The minimum atomic E-state index is 0. The van der Waals surface area contributed by atoms with Crippen LogP contribution in [-0.2, 0) is 0 Å². The number of hydrogen-bond donors (Lipinski definition) is 1. The van der Waals surface area contributed by atoms with Crippen molar-refractivity contribution in [2.24, 2.45) is 0 Å². The monoisotopic (exact) mass is 288 g/mol. The lowest BCUT2D eigenvalue weighted by Crippen LogP contribution is -2.49. The first kappa shape index (κ1) is 15.8. The Morgan fingerprint density at radius 1 is 1.50 bits per heavy atom. The van der Waals surface area contributed by atoms with Crippen LogP contribution in [0.25, 0.3) is 0 Å². The predicted octanol–water partition coefficient (Wildman–Crippen LogP) is 3.16. The average molecular weight is 289 g/mol. The van der Waals surface area contributed by atoms with Gasteiger partial charge in [0, 0.05) is 37.2 Å². The fourth-order valence-corrected chi connectivity index (χ4v) is 2.68. The van der Waals surface area contributed by atoms with E-state index in [9.17, 15) is 0 Å². The van der Waals surface area contributed by atoms with Crippen molar-refractivity contribution in [3.05, 3.63) is 34.9 Å². The summed E-state index contributed by atoms with van der Waals surface area (Å²) in [7, 11) is 0. The van der Waals surface area contributed by atoms with Crippen molar-refractivity contribution in [1.82, 2.24) is 10.2 Å². The molecular formula is C14H22Cl2N2. The molecule has 1 aromatic rings. The lowest BCUT2D eigenvalue weighted by Gasteiger charge is -2.33. The quantitative estimate of drug-likeness (QED) is 0.919. The summed E-state index contributed by atoms with van der Waals surface area (Å²) in [6.07, 6.45) is 0. The third-order valence-corrected chi connectivity index (χ3v) is 3.64. The first-order valence-corrected chi connectivity index (χ1v) is 6.74. The van der Waals surface area contributed by atoms with Crippen molar-refractivity contribution in [3.63, 3.8) is 0 Å². The molecule has 2 nitrogen and oxygen atoms in total. The number of hydrogen-bond acceptors (Lipinski definition) is 2. The molecule has 0 bridgehead atoms. The van der Waals surface area contributed by atoms with Crippen LogP contribution >= 0.6 is 24.0 Å². The van der Waals surface area contributed by atoms with E-state index in [1.807, 2.05) is 12.1 Å². The van der Waals surface area contributed by atoms with Crippen molar-refractivity contribution < 1.29 is 0 Å². The van der Waals surface area contributed by atoms with Crippen LogP contribution in [0.2, 0.25) is 5.02 Å². The third kappa shape index (κ3) is 4.43. The van der Waals surface area contributed by atoms with Gasteiger partial charge in [0.2, 0.25) is 0 Å². The molecule has 1 heterocycles. The van der Waals surface area contributed by atoms with Crippen LogP contribution in [0, 0.1) is 0 Å². The van der Waals surface area contributed by atoms with Gasteiger partial charge in [0.05, 0.1) is 0 Å². The van der Waals surface area contributed by atoms with E-state index in [4.69, 9.17) is 11.6 Å². The number of nitrogens with one attached hydrogen (secondary N) is 1. The number of benzene rings is 1. The highest BCUT2D eigenvalue weighted by molar-refractivity contribution is 6.30. The van der Waals surface area contributed by atoms with E-state index in [0.29, 0.717) is 12.0 Å². The Morgan fingerprint density at radius 3 is 2.94 bits per heavy atom. The lowest BCUT2D eigenvalue weighted by molar-refractivity contribution is 0.199. The summed E-state index contributed by atoms with van der Waals surface area (Å²) in [6.45, 7) is 9.03. The lowest BCUT2D eigenvalue weighted by atomic mass is 10.00. The largest absolute Gasteiger partial charge is 0.312 e. The van der Waals surface area contributed by atoms with Crippen LogP contribution < -0.4 is 5.32 Å². The molecule has 1 fully saturated rings. The van der Waals surface area contributed by atoms with E-state index in [1.165, 1.54) is 5.56 Å². The summed E-state index contributed by atoms with van der Waals surface area (Å²) in [5.74, 6) is 0.541. The van der Waals surface area contributed by atoms with Crippen LogP contribution in [-0.4, -0.2) is 37.1 Å². The molecule has 1 aromatic carbocycles. The number of halogens is 2. The first-order valence-electron chi connectivity index (χ1n) is 6.36. The molecule has 1 saturated heterocycles. The highest BCUT2D eigenvalue weighted by Crippen LogP contribution is 2.20. The average Bonchev–Trinajstić information content (AvgIpc) is 2.29. The number of rotatable bonds is 3. The Kier molecular flexibility index (Phi) is 6.44. The van der Waals surface area contributed by atoms with Gasteiger partial charge in [0.15, 0.2) is 0 Å². The van der Waals surface area contributed by atoms with Crippen molar-refractivity contribution in [2.45, 2.75) is 25.8 Å². The smallest absolute Gasteiger partial charge is 0.0408 e. The van der Waals surface area contributed by atoms with Crippen molar-refractivity contribution in [3.8, 4) is 0 Å². The Bertz CT molecular complexity index is 371. The Hall–Kier alpha value is -0.280. The first-order chi connectivity index (χ1) is 8.15. The maximum atomic E-state index is 6.03. The van der Waals surface area contributed by atoms with Crippen LogP contribution in [0.5, 0.6) is 0 Å². The summed E-state index contributed by atoms with van der Waals surface area (Å²) < 4.78 is 0. The summed E-state index contributed by atoms with van der Waals surface area (Å²) in [5, 5.41) is 4.31. The molecule has 0 spiro atoms. The van der Waals surface area contributed by atoms with E-state index in [1.54, 1.807) is 0 Å². The van der Waals surface area contributed by atoms with Crippen LogP contribution in [0.15, 0.2) is 24.3 Å². The highest BCUT2D eigenvalue weighted by Gasteiger charge is 2.18. The zero-order valence-corrected chi connectivity index (χ0v) is 12.6. The molecular weight excluding hydrogens is 267 g/mol. The molecule has 0 radical (unpaired) electrons. The molecule has 2 atom stereocenters. The fourth-order valence-electron chi connectivity index (χ4n) is 2.48. The van der Waals surface area contributed by atoms with Gasteiger partial charge in [-0.25, -0.2) is 0 Å². The topological polar surface area (TPSA) is 15.3 Å². The standard InChI is InChI=1S/C14H21ClN2.ClH/c1-11(13-4-3-5-14(15)8-13)9-17-7-6-16-12(2)10-17;/h3-5,8,11-12,16H,6-7,9-10H2,1-2H3;1H/t11?,12-;/m1./s1. The van der Waals surface area contributed by atoms with Crippen molar-refractivity contribution in [1.29, 1.82) is 0 Å². The number of piperazine rings is 1. The second kappa shape index (κ2) is 7.34. The molecule has 18 heavy (non-hydrogen) atoms. The Balaban J connectivity index is 0.00000162. The molecule has 2 rings (SSSR count). The summed E-state index contributed by atoms with van der Waals surface area (Å²) in [6, 6.07) is 8.83. The van der Waals surface area contributed by atoms with Gasteiger partial charge in [0.1, 0.15) is 0 Å². The van der Waals surface area contributed by atoms with Gasteiger partial charge < -0.3 is 5.32 Å². The van der Waals surface area contributed by atoms with Gasteiger partial charge in [-0.3, -0.25) is 4.90 Å². The summed E-state index contributed by atoms with van der Waals surface area (Å²) >= 11 is 6.03. The normalized spacial score (nSPS) is 22.3. The van der Waals surface area contributed by atoms with Crippen molar-refractivity contribution >= 4 is 24.0 Å². The second-order valence-corrected chi connectivity index (χ2v) is 5.51. The SMILES string of the molecule is CC(CN1CCN[C@H](C)C1)c1cccc(Cl)c1.Cl. The molecule has 0 aliphatic carbocycles. The maximum Gasteiger partial charge on any atom is 0.0408 e. The van der Waals surface area contributed by atoms with Crippen LogP contribution in [0.1, 0.15) is 25.3 Å². The van der Waals surface area contributed by atoms with Gasteiger partial charge in [-0.05, 0) is 30.5 Å².